The number of carbonyl (C=O) groups is 1. The Morgan fingerprint density at radius 2 is 2.20 bits per heavy atom. The van der Waals surface area contributed by atoms with Crippen molar-refractivity contribution in [2.45, 2.75) is 9.10 Å². The first-order valence-corrected chi connectivity index (χ1v) is 5.92. The highest BCUT2D eigenvalue weighted by molar-refractivity contribution is 8.01. The van der Waals surface area contributed by atoms with E-state index in [0.29, 0.717) is 5.56 Å². The standard InChI is InChI=1S/C10H8N2OS2/c11-10(13)7-3-1-2-4-8(7)15-9-5-12-6-14-9/h1-6H,(H2,11,13). The van der Waals surface area contributed by atoms with Crippen molar-refractivity contribution in [3.63, 3.8) is 0 Å². The molecule has 1 aromatic carbocycles. The fraction of sp³-hybridized carbons (Fsp3) is 0. The molecule has 5 heteroatoms. The number of amides is 1. The third-order valence-electron chi connectivity index (χ3n) is 1.77. The molecule has 2 aromatic rings. The van der Waals surface area contributed by atoms with Crippen molar-refractivity contribution in [1.82, 2.24) is 4.98 Å². The third-order valence-corrected chi connectivity index (χ3v) is 3.76. The molecule has 2 N–H and O–H groups in total. The molecule has 0 bridgehead atoms. The fourth-order valence-electron chi connectivity index (χ4n) is 1.12. The number of benzene rings is 1. The molecule has 3 nitrogen and oxygen atoms in total. The molecule has 0 aliphatic rings. The largest absolute Gasteiger partial charge is 0.366 e. The molecule has 1 amide bonds. The van der Waals surface area contributed by atoms with Crippen LogP contribution in [0.3, 0.4) is 0 Å². The van der Waals surface area contributed by atoms with E-state index in [1.807, 2.05) is 12.1 Å². The van der Waals surface area contributed by atoms with E-state index < -0.39 is 5.91 Å². The second kappa shape index (κ2) is 4.46. The first kappa shape index (κ1) is 10.2. The van der Waals surface area contributed by atoms with Crippen LogP contribution in [0.15, 0.2) is 45.1 Å². The highest BCUT2D eigenvalue weighted by Gasteiger charge is 2.08. The molecule has 0 radical (unpaired) electrons. The Kier molecular flexibility index (Phi) is 3.03. The Morgan fingerprint density at radius 1 is 1.40 bits per heavy atom. The summed E-state index contributed by atoms with van der Waals surface area (Å²) in [7, 11) is 0. The van der Waals surface area contributed by atoms with E-state index in [-0.39, 0.29) is 0 Å². The molecule has 76 valence electrons. The summed E-state index contributed by atoms with van der Waals surface area (Å²) >= 11 is 3.04. The van der Waals surface area contributed by atoms with Gasteiger partial charge in [0.2, 0.25) is 5.91 Å². The Bertz CT molecular complexity index is 468. The quantitative estimate of drug-likeness (QED) is 0.890. The Morgan fingerprint density at radius 3 is 2.87 bits per heavy atom. The topological polar surface area (TPSA) is 56.0 Å². The lowest BCUT2D eigenvalue weighted by molar-refractivity contribution is 0.0997. The first-order chi connectivity index (χ1) is 7.27. The number of aromatic nitrogens is 1. The lowest BCUT2D eigenvalue weighted by Crippen LogP contribution is -2.11. The minimum atomic E-state index is -0.400. The van der Waals surface area contributed by atoms with Crippen molar-refractivity contribution in [1.29, 1.82) is 0 Å². The molecule has 0 atom stereocenters. The van der Waals surface area contributed by atoms with E-state index in [0.717, 1.165) is 9.10 Å². The minimum absolute atomic E-state index is 0.400. The van der Waals surface area contributed by atoms with Crippen LogP contribution in [0.1, 0.15) is 10.4 Å². The van der Waals surface area contributed by atoms with Gasteiger partial charge in [-0.05, 0) is 12.1 Å². The summed E-state index contributed by atoms with van der Waals surface area (Å²) in [6.45, 7) is 0. The third kappa shape index (κ3) is 2.37. The summed E-state index contributed by atoms with van der Waals surface area (Å²) in [6.07, 6.45) is 1.77. The van der Waals surface area contributed by atoms with Crippen molar-refractivity contribution in [2.75, 3.05) is 0 Å². The van der Waals surface area contributed by atoms with Crippen LogP contribution < -0.4 is 5.73 Å². The average Bonchev–Trinajstić information content (AvgIpc) is 2.71. The average molecular weight is 236 g/mol. The molecule has 1 aromatic heterocycles. The number of thiazole rings is 1. The Balaban J connectivity index is 2.32. The normalized spacial score (nSPS) is 10.1. The highest BCUT2D eigenvalue weighted by Crippen LogP contribution is 2.32. The zero-order chi connectivity index (χ0) is 10.7. The molecule has 2 rings (SSSR count). The molecule has 0 aliphatic carbocycles. The molecule has 15 heavy (non-hydrogen) atoms. The van der Waals surface area contributed by atoms with Gasteiger partial charge in [-0.2, -0.15) is 0 Å². The van der Waals surface area contributed by atoms with Gasteiger partial charge in [-0.1, -0.05) is 23.9 Å². The predicted octanol–water partition coefficient (Wildman–Crippen LogP) is 2.39. The monoisotopic (exact) mass is 236 g/mol. The summed E-state index contributed by atoms with van der Waals surface area (Å²) in [5.41, 5.74) is 7.59. The molecular weight excluding hydrogens is 228 g/mol. The SMILES string of the molecule is NC(=O)c1ccccc1Sc1cncs1. The number of hydrogen-bond donors (Lipinski definition) is 1. The lowest BCUT2D eigenvalue weighted by Gasteiger charge is -2.03. The maximum Gasteiger partial charge on any atom is 0.249 e. The summed E-state index contributed by atoms with van der Waals surface area (Å²) in [6, 6.07) is 7.29. The molecule has 0 fully saturated rings. The number of hydrogen-bond acceptors (Lipinski definition) is 4. The Labute approximate surface area is 95.3 Å². The number of carbonyl (C=O) groups excluding carboxylic acids is 1. The number of primary amides is 1. The molecular formula is C10H8N2OS2. The van der Waals surface area contributed by atoms with Crippen LogP contribution in [0.5, 0.6) is 0 Å². The van der Waals surface area contributed by atoms with Crippen molar-refractivity contribution >= 4 is 29.0 Å². The summed E-state index contributed by atoms with van der Waals surface area (Å²) < 4.78 is 1.05. The lowest BCUT2D eigenvalue weighted by atomic mass is 10.2. The maximum atomic E-state index is 11.1. The van der Waals surface area contributed by atoms with Gasteiger partial charge in [0.25, 0.3) is 0 Å². The highest BCUT2D eigenvalue weighted by atomic mass is 32.2. The van der Waals surface area contributed by atoms with Crippen molar-refractivity contribution < 1.29 is 4.79 Å². The second-order valence-electron chi connectivity index (χ2n) is 2.78. The van der Waals surface area contributed by atoms with Crippen LogP contribution in [0.4, 0.5) is 0 Å². The van der Waals surface area contributed by atoms with Crippen LogP contribution >= 0.6 is 23.1 Å². The van der Waals surface area contributed by atoms with Crippen LogP contribution in [-0.2, 0) is 0 Å². The van der Waals surface area contributed by atoms with Crippen molar-refractivity contribution in [3.05, 3.63) is 41.5 Å². The van der Waals surface area contributed by atoms with E-state index >= 15 is 0 Å². The van der Waals surface area contributed by atoms with Crippen molar-refractivity contribution in [3.8, 4) is 0 Å². The van der Waals surface area contributed by atoms with Gasteiger partial charge >= 0.3 is 0 Å². The van der Waals surface area contributed by atoms with E-state index in [1.54, 1.807) is 23.8 Å². The van der Waals surface area contributed by atoms with E-state index in [4.69, 9.17) is 5.73 Å². The maximum absolute atomic E-state index is 11.1. The van der Waals surface area contributed by atoms with Gasteiger partial charge in [-0.3, -0.25) is 9.78 Å². The van der Waals surface area contributed by atoms with Gasteiger partial charge in [-0.15, -0.1) is 11.3 Å². The molecule has 0 aliphatic heterocycles. The molecule has 0 spiro atoms. The van der Waals surface area contributed by atoms with Gasteiger partial charge in [-0.25, -0.2) is 0 Å². The summed E-state index contributed by atoms with van der Waals surface area (Å²) in [5.74, 6) is -0.400. The van der Waals surface area contributed by atoms with E-state index in [9.17, 15) is 4.79 Å². The summed E-state index contributed by atoms with van der Waals surface area (Å²) in [5, 5.41) is 0. The fourth-order valence-corrected chi connectivity index (χ4v) is 2.82. The van der Waals surface area contributed by atoms with E-state index in [2.05, 4.69) is 4.98 Å². The predicted molar refractivity (Wildman–Crippen MR) is 61.2 cm³/mol. The Hall–Kier alpha value is -1.33. The van der Waals surface area contributed by atoms with Gasteiger partial charge in [0.05, 0.1) is 21.5 Å². The van der Waals surface area contributed by atoms with Gasteiger partial charge in [0, 0.05) is 4.90 Å². The van der Waals surface area contributed by atoms with Crippen LogP contribution in [-0.4, -0.2) is 10.9 Å². The van der Waals surface area contributed by atoms with Crippen LogP contribution in [0.2, 0.25) is 0 Å². The van der Waals surface area contributed by atoms with Crippen LogP contribution in [0, 0.1) is 0 Å². The zero-order valence-corrected chi connectivity index (χ0v) is 9.35. The van der Waals surface area contributed by atoms with E-state index in [1.165, 1.54) is 23.1 Å². The first-order valence-electron chi connectivity index (χ1n) is 4.22. The molecule has 0 saturated carbocycles. The number of nitrogens with two attached hydrogens (primary N) is 1. The van der Waals surface area contributed by atoms with Crippen molar-refractivity contribution in [2.24, 2.45) is 5.73 Å². The van der Waals surface area contributed by atoms with Gasteiger partial charge in [0.15, 0.2) is 0 Å². The molecule has 0 unspecified atom stereocenters. The minimum Gasteiger partial charge on any atom is -0.366 e. The molecule has 0 saturated heterocycles. The smallest absolute Gasteiger partial charge is 0.249 e. The molecule has 1 heterocycles. The zero-order valence-electron chi connectivity index (χ0n) is 7.71. The van der Waals surface area contributed by atoms with Gasteiger partial charge < -0.3 is 5.73 Å². The summed E-state index contributed by atoms with van der Waals surface area (Å²) in [4.78, 5) is 16.0. The number of nitrogens with zero attached hydrogens (tertiary/aromatic N) is 1. The van der Waals surface area contributed by atoms with Gasteiger partial charge in [0.1, 0.15) is 0 Å². The van der Waals surface area contributed by atoms with Crippen LogP contribution in [0.25, 0.3) is 0 Å². The number of rotatable bonds is 3. The second-order valence-corrected chi connectivity index (χ2v) is 5.01.